The van der Waals surface area contributed by atoms with Crippen molar-refractivity contribution in [2.24, 2.45) is 0 Å². The van der Waals surface area contributed by atoms with E-state index < -0.39 is 24.5 Å². The van der Waals surface area contributed by atoms with Crippen molar-refractivity contribution in [1.29, 1.82) is 0 Å². The molecular weight excluding hydrogens is 224 g/mol. The molecule has 7 nitrogen and oxygen atoms in total. The van der Waals surface area contributed by atoms with E-state index in [4.69, 9.17) is 15.3 Å². The molecule has 0 rings (SSSR count). The first-order valence-electron chi connectivity index (χ1n) is 2.16. The monoisotopic (exact) mass is 233 g/mol. The molecule has 0 saturated carbocycles. The van der Waals surface area contributed by atoms with Crippen LogP contribution in [-0.2, 0) is 26.7 Å². The summed E-state index contributed by atoms with van der Waals surface area (Å²) in [7, 11) is 0. The van der Waals surface area contributed by atoms with Crippen molar-refractivity contribution in [3.05, 3.63) is 0 Å². The fourth-order valence-corrected chi connectivity index (χ4v) is 0.253. The zero-order valence-corrected chi connectivity index (χ0v) is 6.69. The van der Waals surface area contributed by atoms with E-state index >= 15 is 0 Å². The summed E-state index contributed by atoms with van der Waals surface area (Å²) >= 11 is 0. The van der Waals surface area contributed by atoms with Crippen LogP contribution in [0.2, 0.25) is 0 Å². The molecule has 0 aromatic rings. The molecular formula is C4H10CuO7. The third-order valence-corrected chi connectivity index (χ3v) is 0.653. The van der Waals surface area contributed by atoms with Crippen molar-refractivity contribution in [2.45, 2.75) is 12.5 Å². The number of carbonyl (C=O) groups is 2. The first kappa shape index (κ1) is 22.5. The second-order valence-electron chi connectivity index (χ2n) is 1.45. The van der Waals surface area contributed by atoms with Crippen LogP contribution in [0.5, 0.6) is 0 Å². The predicted octanol–water partition coefficient (Wildman–Crippen LogP) is -2.75. The molecule has 0 saturated heterocycles. The summed E-state index contributed by atoms with van der Waals surface area (Å²) in [6, 6.07) is 0. The summed E-state index contributed by atoms with van der Waals surface area (Å²) in [5, 5.41) is 24.1. The van der Waals surface area contributed by atoms with E-state index in [1.165, 1.54) is 0 Å². The van der Waals surface area contributed by atoms with Crippen molar-refractivity contribution in [1.82, 2.24) is 0 Å². The van der Waals surface area contributed by atoms with Gasteiger partial charge in [0.25, 0.3) is 0 Å². The maximum atomic E-state index is 9.72. The van der Waals surface area contributed by atoms with E-state index in [2.05, 4.69) is 0 Å². The van der Waals surface area contributed by atoms with Crippen molar-refractivity contribution in [3.8, 4) is 0 Å². The molecule has 1 unspecified atom stereocenters. The van der Waals surface area contributed by atoms with Gasteiger partial charge in [-0.15, -0.1) is 0 Å². The number of hydrogen-bond acceptors (Lipinski definition) is 3. The van der Waals surface area contributed by atoms with Gasteiger partial charge in [0.15, 0.2) is 6.10 Å². The van der Waals surface area contributed by atoms with Gasteiger partial charge in [0.1, 0.15) is 0 Å². The molecule has 0 bridgehead atoms. The molecule has 79 valence electrons. The van der Waals surface area contributed by atoms with Crippen LogP contribution in [0.25, 0.3) is 0 Å². The molecule has 0 spiro atoms. The molecule has 0 amide bonds. The number of carboxylic acids is 2. The van der Waals surface area contributed by atoms with Crippen molar-refractivity contribution in [3.63, 3.8) is 0 Å². The van der Waals surface area contributed by atoms with Crippen molar-refractivity contribution in [2.75, 3.05) is 0 Å². The summed E-state index contributed by atoms with van der Waals surface area (Å²) in [5.41, 5.74) is 0. The maximum Gasteiger partial charge on any atom is 0.333 e. The second kappa shape index (κ2) is 10.3. The van der Waals surface area contributed by atoms with Gasteiger partial charge >= 0.3 is 11.9 Å². The van der Waals surface area contributed by atoms with E-state index in [1.807, 2.05) is 0 Å². The smallest absolute Gasteiger partial charge is 0.333 e. The van der Waals surface area contributed by atoms with Crippen molar-refractivity contribution < 1.29 is 52.9 Å². The Kier molecular flexibility index (Phi) is 19.4. The van der Waals surface area contributed by atoms with Crippen LogP contribution in [-0.4, -0.2) is 44.3 Å². The van der Waals surface area contributed by atoms with Crippen LogP contribution < -0.4 is 0 Å². The first-order valence-corrected chi connectivity index (χ1v) is 2.16. The molecule has 0 aliphatic heterocycles. The van der Waals surface area contributed by atoms with Gasteiger partial charge < -0.3 is 26.3 Å². The minimum atomic E-state index is -1.79. The van der Waals surface area contributed by atoms with E-state index in [9.17, 15) is 9.59 Å². The molecule has 0 aliphatic carbocycles. The minimum absolute atomic E-state index is 0. The Bertz CT molecular complexity index is 135. The van der Waals surface area contributed by atoms with Gasteiger partial charge in [-0.2, -0.15) is 0 Å². The number of carboxylic acid groups (broad SMARTS) is 2. The maximum absolute atomic E-state index is 9.72. The van der Waals surface area contributed by atoms with Crippen LogP contribution in [0.1, 0.15) is 6.42 Å². The average molecular weight is 234 g/mol. The summed E-state index contributed by atoms with van der Waals surface area (Å²) in [6.07, 6.45) is -2.54. The SMILES string of the molecule is O.O.O=C(O)CC(O)C(=O)O.[Cu]. The zero-order chi connectivity index (χ0) is 7.44. The number of rotatable bonds is 3. The molecule has 0 aromatic carbocycles. The quantitative estimate of drug-likeness (QED) is 0.450. The Morgan fingerprint density at radius 3 is 1.58 bits per heavy atom. The molecule has 8 heteroatoms. The molecule has 1 radical (unpaired) electrons. The van der Waals surface area contributed by atoms with E-state index in [1.54, 1.807) is 0 Å². The van der Waals surface area contributed by atoms with Crippen LogP contribution >= 0.6 is 0 Å². The van der Waals surface area contributed by atoms with Gasteiger partial charge in [0.2, 0.25) is 0 Å². The minimum Gasteiger partial charge on any atom is -0.481 e. The Balaban J connectivity index is -0.000000107. The zero-order valence-electron chi connectivity index (χ0n) is 5.74. The number of aliphatic carboxylic acids is 2. The number of hydrogen-bond donors (Lipinski definition) is 3. The van der Waals surface area contributed by atoms with Gasteiger partial charge in [0.05, 0.1) is 6.42 Å². The molecule has 12 heavy (non-hydrogen) atoms. The number of aliphatic hydroxyl groups is 1. The van der Waals surface area contributed by atoms with Crippen LogP contribution in [0.4, 0.5) is 0 Å². The van der Waals surface area contributed by atoms with E-state index in [0.29, 0.717) is 0 Å². The van der Waals surface area contributed by atoms with E-state index in [0.717, 1.165) is 0 Å². The predicted molar refractivity (Wildman–Crippen MR) is 33.1 cm³/mol. The molecule has 0 aliphatic rings. The summed E-state index contributed by atoms with van der Waals surface area (Å²) < 4.78 is 0. The third-order valence-electron chi connectivity index (χ3n) is 0.653. The van der Waals surface area contributed by atoms with Crippen LogP contribution in [0, 0.1) is 0 Å². The summed E-state index contributed by atoms with van der Waals surface area (Å²) in [6.45, 7) is 0. The standard InChI is InChI=1S/C4H6O5.Cu.2H2O/c5-2(4(8)9)1-3(6)7;;;/h2,5H,1H2,(H,6,7)(H,8,9);;2*1H2. The van der Waals surface area contributed by atoms with Gasteiger partial charge in [-0.3, -0.25) is 4.79 Å². The van der Waals surface area contributed by atoms with Crippen LogP contribution in [0.15, 0.2) is 0 Å². The topological polar surface area (TPSA) is 158 Å². The molecule has 0 aromatic heterocycles. The molecule has 0 fully saturated rings. The fraction of sp³-hybridized carbons (Fsp3) is 0.500. The van der Waals surface area contributed by atoms with Crippen molar-refractivity contribution >= 4 is 11.9 Å². The van der Waals surface area contributed by atoms with Gasteiger partial charge in [0, 0.05) is 17.1 Å². The Labute approximate surface area is 78.1 Å². The van der Waals surface area contributed by atoms with Gasteiger partial charge in [-0.1, -0.05) is 0 Å². The third kappa shape index (κ3) is 12.1. The van der Waals surface area contributed by atoms with E-state index in [-0.39, 0.29) is 28.0 Å². The molecule has 0 heterocycles. The fourth-order valence-electron chi connectivity index (χ4n) is 0.253. The van der Waals surface area contributed by atoms with Gasteiger partial charge in [-0.25, -0.2) is 4.79 Å². The number of aliphatic hydroxyl groups excluding tert-OH is 1. The van der Waals surface area contributed by atoms with Gasteiger partial charge in [-0.05, 0) is 0 Å². The Morgan fingerprint density at radius 2 is 1.50 bits per heavy atom. The first-order chi connectivity index (χ1) is 4.04. The normalized spacial score (nSPS) is 9.42. The largest absolute Gasteiger partial charge is 0.481 e. The summed E-state index contributed by atoms with van der Waals surface area (Å²) in [4.78, 5) is 19.4. The molecule has 7 N–H and O–H groups in total. The Morgan fingerprint density at radius 1 is 1.17 bits per heavy atom. The average Bonchev–Trinajstić information content (AvgIpc) is 1.63. The molecule has 1 atom stereocenters. The summed E-state index contributed by atoms with van der Waals surface area (Å²) in [5.74, 6) is -2.85. The van der Waals surface area contributed by atoms with Crippen LogP contribution in [0.3, 0.4) is 0 Å². The second-order valence-corrected chi connectivity index (χ2v) is 1.45. The Hall–Kier alpha value is -0.661.